The first-order valence-corrected chi connectivity index (χ1v) is 7.70. The van der Waals surface area contributed by atoms with Crippen LogP contribution in [0.5, 0.6) is 0 Å². The van der Waals surface area contributed by atoms with Gasteiger partial charge in [-0.3, -0.25) is 4.79 Å². The Hall–Kier alpha value is -2.35. The number of carbonyl (C=O) groups is 1. The number of fused-ring (bicyclic) bond motifs is 3. The number of anilines is 1. The monoisotopic (exact) mass is 291 g/mol. The number of nitrogens with one attached hydrogen (secondary N) is 1. The van der Waals surface area contributed by atoms with Crippen LogP contribution in [-0.2, 0) is 4.79 Å². The highest BCUT2D eigenvalue weighted by Gasteiger charge is 2.08. The van der Waals surface area contributed by atoms with Crippen molar-refractivity contribution in [3.63, 3.8) is 0 Å². The van der Waals surface area contributed by atoms with E-state index in [0.717, 1.165) is 5.69 Å². The minimum absolute atomic E-state index is 0.0407. The number of hydrogen-bond donors (Lipinski definition) is 1. The lowest BCUT2D eigenvalue weighted by molar-refractivity contribution is -0.114. The van der Waals surface area contributed by atoms with Crippen LogP contribution in [-0.4, -0.2) is 5.91 Å². The van der Waals surface area contributed by atoms with Crippen molar-refractivity contribution in [1.29, 1.82) is 0 Å². The van der Waals surface area contributed by atoms with E-state index in [2.05, 4.69) is 62.5 Å². The van der Waals surface area contributed by atoms with Gasteiger partial charge in [0.15, 0.2) is 0 Å². The molecule has 3 aromatic carbocycles. The zero-order valence-electron chi connectivity index (χ0n) is 13.5. The number of carbonyl (C=O) groups excluding carboxylic acids is 1. The molecule has 0 saturated heterocycles. The molecule has 0 aliphatic carbocycles. The van der Waals surface area contributed by atoms with Gasteiger partial charge >= 0.3 is 0 Å². The molecule has 0 aliphatic rings. The molecule has 3 aromatic rings. The molecule has 3 rings (SSSR count). The van der Waals surface area contributed by atoms with E-state index in [1.165, 1.54) is 39.6 Å². The normalized spacial score (nSPS) is 11.3. The molecular weight excluding hydrogens is 270 g/mol. The molecule has 0 aromatic heterocycles. The topological polar surface area (TPSA) is 29.1 Å². The minimum atomic E-state index is -0.0407. The molecule has 0 heterocycles. The van der Waals surface area contributed by atoms with E-state index < -0.39 is 0 Å². The summed E-state index contributed by atoms with van der Waals surface area (Å²) in [6.07, 6.45) is 0. The highest BCUT2D eigenvalue weighted by atomic mass is 16.1. The van der Waals surface area contributed by atoms with E-state index in [0.29, 0.717) is 5.92 Å². The summed E-state index contributed by atoms with van der Waals surface area (Å²) < 4.78 is 0. The van der Waals surface area contributed by atoms with Gasteiger partial charge in [-0.2, -0.15) is 0 Å². The maximum absolute atomic E-state index is 11.3. The maximum Gasteiger partial charge on any atom is 0.221 e. The molecule has 0 spiro atoms. The molecule has 2 heteroatoms. The Morgan fingerprint density at radius 3 is 2.36 bits per heavy atom. The molecule has 2 nitrogen and oxygen atoms in total. The van der Waals surface area contributed by atoms with Crippen molar-refractivity contribution in [2.45, 2.75) is 33.6 Å². The van der Waals surface area contributed by atoms with Crippen LogP contribution in [0.3, 0.4) is 0 Å². The predicted octanol–water partition coefficient (Wildman–Crippen LogP) is 5.38. The standard InChI is InChI=1S/C20H21NO/c1-12(2)15-5-8-19-16(10-15)6-7-18-13(3)9-17(11-20(18)19)21-14(4)22/h5-12H,1-4H3,(H,21,22). The fourth-order valence-corrected chi connectivity index (χ4v) is 3.01. The Kier molecular flexibility index (Phi) is 3.61. The van der Waals surface area contributed by atoms with Crippen molar-refractivity contribution in [3.8, 4) is 0 Å². The Balaban J connectivity index is 2.29. The van der Waals surface area contributed by atoms with Crippen LogP contribution in [0.2, 0.25) is 0 Å². The van der Waals surface area contributed by atoms with Gasteiger partial charge in [0.05, 0.1) is 0 Å². The number of aryl methyl sites for hydroxylation is 1. The molecule has 0 radical (unpaired) electrons. The average molecular weight is 291 g/mol. The number of rotatable bonds is 2. The molecule has 1 amide bonds. The molecule has 0 saturated carbocycles. The average Bonchev–Trinajstić information content (AvgIpc) is 2.45. The summed E-state index contributed by atoms with van der Waals surface area (Å²) in [7, 11) is 0. The summed E-state index contributed by atoms with van der Waals surface area (Å²) in [6.45, 7) is 8.04. The Labute approximate surface area is 131 Å². The molecule has 0 unspecified atom stereocenters. The molecular formula is C20H21NO. The van der Waals surface area contributed by atoms with Crippen LogP contribution in [0.4, 0.5) is 5.69 Å². The summed E-state index contributed by atoms with van der Waals surface area (Å²) in [6, 6.07) is 15.1. The lowest BCUT2D eigenvalue weighted by Crippen LogP contribution is -2.05. The summed E-state index contributed by atoms with van der Waals surface area (Å²) >= 11 is 0. The number of benzene rings is 3. The number of amides is 1. The molecule has 0 aliphatic heterocycles. The first kappa shape index (κ1) is 14.6. The molecule has 112 valence electrons. The van der Waals surface area contributed by atoms with Gasteiger partial charge < -0.3 is 5.32 Å². The highest BCUT2D eigenvalue weighted by Crippen LogP contribution is 2.32. The zero-order chi connectivity index (χ0) is 15.9. The van der Waals surface area contributed by atoms with E-state index in [4.69, 9.17) is 0 Å². The lowest BCUT2D eigenvalue weighted by atomic mass is 9.94. The molecule has 0 bridgehead atoms. The third-order valence-corrected chi connectivity index (χ3v) is 4.17. The van der Waals surface area contributed by atoms with Crippen LogP contribution >= 0.6 is 0 Å². The van der Waals surface area contributed by atoms with Crippen molar-refractivity contribution >= 4 is 33.1 Å². The minimum Gasteiger partial charge on any atom is -0.326 e. The van der Waals surface area contributed by atoms with Gasteiger partial charge in [0, 0.05) is 12.6 Å². The van der Waals surface area contributed by atoms with Crippen LogP contribution in [0.25, 0.3) is 21.5 Å². The molecule has 0 fully saturated rings. The second kappa shape index (κ2) is 5.45. The van der Waals surface area contributed by atoms with Crippen LogP contribution in [0.15, 0.2) is 42.5 Å². The van der Waals surface area contributed by atoms with Crippen LogP contribution in [0, 0.1) is 6.92 Å². The van der Waals surface area contributed by atoms with Gasteiger partial charge in [-0.1, -0.05) is 44.2 Å². The maximum atomic E-state index is 11.3. The fraction of sp³-hybridized carbons (Fsp3) is 0.250. The van der Waals surface area contributed by atoms with Crippen LogP contribution in [0.1, 0.15) is 37.8 Å². The van der Waals surface area contributed by atoms with Crippen molar-refractivity contribution in [2.24, 2.45) is 0 Å². The first-order chi connectivity index (χ1) is 10.5. The predicted molar refractivity (Wildman–Crippen MR) is 94.6 cm³/mol. The van der Waals surface area contributed by atoms with Gasteiger partial charge in [-0.25, -0.2) is 0 Å². The number of hydrogen-bond acceptors (Lipinski definition) is 1. The van der Waals surface area contributed by atoms with Gasteiger partial charge in [-0.05, 0) is 57.6 Å². The lowest BCUT2D eigenvalue weighted by Gasteiger charge is -2.12. The summed E-state index contributed by atoms with van der Waals surface area (Å²) in [5, 5.41) is 7.80. The Bertz CT molecular complexity index is 878. The second-order valence-corrected chi connectivity index (χ2v) is 6.27. The van der Waals surface area contributed by atoms with Gasteiger partial charge in [0.2, 0.25) is 5.91 Å². The first-order valence-electron chi connectivity index (χ1n) is 7.70. The zero-order valence-corrected chi connectivity index (χ0v) is 13.5. The molecule has 0 atom stereocenters. The van der Waals surface area contributed by atoms with Crippen molar-refractivity contribution in [1.82, 2.24) is 0 Å². The quantitative estimate of drug-likeness (QED) is 0.631. The van der Waals surface area contributed by atoms with Crippen molar-refractivity contribution in [3.05, 3.63) is 53.6 Å². The summed E-state index contributed by atoms with van der Waals surface area (Å²) in [4.78, 5) is 11.3. The van der Waals surface area contributed by atoms with Gasteiger partial charge in [0.25, 0.3) is 0 Å². The smallest absolute Gasteiger partial charge is 0.221 e. The third-order valence-electron chi connectivity index (χ3n) is 4.17. The van der Waals surface area contributed by atoms with E-state index in [9.17, 15) is 4.79 Å². The van der Waals surface area contributed by atoms with E-state index in [1.54, 1.807) is 0 Å². The third kappa shape index (κ3) is 2.57. The summed E-state index contributed by atoms with van der Waals surface area (Å²) in [5.41, 5.74) is 3.38. The summed E-state index contributed by atoms with van der Waals surface area (Å²) in [5.74, 6) is 0.480. The Morgan fingerprint density at radius 1 is 0.955 bits per heavy atom. The van der Waals surface area contributed by atoms with Crippen molar-refractivity contribution < 1.29 is 4.79 Å². The van der Waals surface area contributed by atoms with E-state index in [-0.39, 0.29) is 5.91 Å². The second-order valence-electron chi connectivity index (χ2n) is 6.27. The Morgan fingerprint density at radius 2 is 1.68 bits per heavy atom. The molecule has 1 N–H and O–H groups in total. The molecule has 22 heavy (non-hydrogen) atoms. The van der Waals surface area contributed by atoms with Gasteiger partial charge in [-0.15, -0.1) is 0 Å². The SMILES string of the molecule is CC(=O)Nc1cc(C)c2ccc3cc(C(C)C)ccc3c2c1. The van der Waals surface area contributed by atoms with Crippen LogP contribution < -0.4 is 5.32 Å². The van der Waals surface area contributed by atoms with Gasteiger partial charge in [0.1, 0.15) is 0 Å². The van der Waals surface area contributed by atoms with E-state index >= 15 is 0 Å². The fourth-order valence-electron chi connectivity index (χ4n) is 3.01. The van der Waals surface area contributed by atoms with Crippen molar-refractivity contribution in [2.75, 3.05) is 5.32 Å². The largest absolute Gasteiger partial charge is 0.326 e. The van der Waals surface area contributed by atoms with E-state index in [1.807, 2.05) is 6.07 Å². The highest BCUT2D eigenvalue weighted by molar-refractivity contribution is 6.10.